The van der Waals surface area contributed by atoms with Gasteiger partial charge in [0.05, 0.1) is 0 Å². The van der Waals surface area contributed by atoms with Gasteiger partial charge in [0.25, 0.3) is 0 Å². The van der Waals surface area contributed by atoms with Crippen molar-refractivity contribution >= 4 is 0 Å². The maximum Gasteiger partial charge on any atom is 0.0432 e. The first-order valence-electron chi connectivity index (χ1n) is 5.99. The van der Waals surface area contributed by atoms with Gasteiger partial charge < -0.3 is 0 Å². The van der Waals surface area contributed by atoms with Crippen LogP contribution in [0.5, 0.6) is 0 Å². The lowest BCUT2D eigenvalue weighted by Crippen LogP contribution is -2.00. The van der Waals surface area contributed by atoms with Crippen LogP contribution in [-0.2, 0) is 0 Å². The van der Waals surface area contributed by atoms with Gasteiger partial charge in [0.2, 0.25) is 0 Å². The number of nitrogens with zero attached hydrogens (tertiary/aromatic N) is 1. The topological polar surface area (TPSA) is 12.9 Å². The minimum Gasteiger partial charge on any atom is -0.258 e. The predicted octanol–water partition coefficient (Wildman–Crippen LogP) is 4.66. The van der Waals surface area contributed by atoms with Crippen LogP contribution in [-0.4, -0.2) is 4.98 Å². The molecule has 1 heteroatoms. The molecule has 0 spiro atoms. The van der Waals surface area contributed by atoms with Crippen molar-refractivity contribution in [3.8, 4) is 0 Å². The number of rotatable bonds is 2. The molecule has 0 unspecified atom stereocenters. The zero-order chi connectivity index (χ0) is 12.0. The zero-order valence-electron chi connectivity index (χ0n) is 11.3. The van der Waals surface area contributed by atoms with Gasteiger partial charge in [0.15, 0.2) is 0 Å². The standard InChI is InChI=1S/C12H19N.C2H6/c1-8(2)11-6-7-12(9(3)4)13-10(11)5;1-2/h6-9H,1-5H3;1-2H3. The second kappa shape index (κ2) is 6.60. The largest absolute Gasteiger partial charge is 0.258 e. The highest BCUT2D eigenvalue weighted by atomic mass is 14.7. The average molecular weight is 207 g/mol. The normalized spacial score (nSPS) is 10.2. The molecular weight excluding hydrogens is 182 g/mol. The molecule has 0 atom stereocenters. The van der Waals surface area contributed by atoms with Crippen LogP contribution in [0.4, 0.5) is 0 Å². The molecule has 0 aliphatic carbocycles. The van der Waals surface area contributed by atoms with E-state index in [-0.39, 0.29) is 0 Å². The molecule has 15 heavy (non-hydrogen) atoms. The molecule has 1 aromatic rings. The Morgan fingerprint density at radius 1 is 0.933 bits per heavy atom. The lowest BCUT2D eigenvalue weighted by Gasteiger charge is -2.11. The fourth-order valence-corrected chi connectivity index (χ4v) is 1.52. The van der Waals surface area contributed by atoms with Gasteiger partial charge in [-0.15, -0.1) is 0 Å². The summed E-state index contributed by atoms with van der Waals surface area (Å²) in [5.41, 5.74) is 3.74. The smallest absolute Gasteiger partial charge is 0.0432 e. The minimum absolute atomic E-state index is 0.528. The van der Waals surface area contributed by atoms with Crippen LogP contribution in [0, 0.1) is 6.92 Å². The van der Waals surface area contributed by atoms with Crippen molar-refractivity contribution < 1.29 is 0 Å². The molecule has 0 aromatic carbocycles. The van der Waals surface area contributed by atoms with Crippen molar-refractivity contribution in [2.45, 2.75) is 60.3 Å². The molecule has 0 fully saturated rings. The van der Waals surface area contributed by atoms with Gasteiger partial charge in [-0.2, -0.15) is 0 Å². The molecule has 86 valence electrons. The van der Waals surface area contributed by atoms with Crippen LogP contribution < -0.4 is 0 Å². The molecule has 0 saturated carbocycles. The van der Waals surface area contributed by atoms with E-state index in [1.165, 1.54) is 17.0 Å². The van der Waals surface area contributed by atoms with E-state index in [9.17, 15) is 0 Å². The third kappa shape index (κ3) is 4.03. The molecule has 1 heterocycles. The van der Waals surface area contributed by atoms with E-state index in [2.05, 4.69) is 51.7 Å². The van der Waals surface area contributed by atoms with Gasteiger partial charge in [0.1, 0.15) is 0 Å². The summed E-state index contributed by atoms with van der Waals surface area (Å²) in [5.74, 6) is 1.11. The van der Waals surface area contributed by atoms with Crippen LogP contribution in [0.15, 0.2) is 12.1 Å². The third-order valence-corrected chi connectivity index (χ3v) is 2.36. The number of hydrogen-bond donors (Lipinski definition) is 0. The van der Waals surface area contributed by atoms with Gasteiger partial charge in [-0.3, -0.25) is 4.98 Å². The first kappa shape index (κ1) is 14.2. The number of aromatic nitrogens is 1. The summed E-state index contributed by atoms with van der Waals surface area (Å²) < 4.78 is 0. The van der Waals surface area contributed by atoms with Crippen molar-refractivity contribution in [1.82, 2.24) is 4.98 Å². The molecule has 0 bridgehead atoms. The second-order valence-corrected chi connectivity index (χ2v) is 4.22. The van der Waals surface area contributed by atoms with Crippen LogP contribution in [0.2, 0.25) is 0 Å². The number of aryl methyl sites for hydroxylation is 1. The molecule has 1 nitrogen and oxygen atoms in total. The molecule has 0 aliphatic heterocycles. The quantitative estimate of drug-likeness (QED) is 0.687. The highest BCUT2D eigenvalue weighted by Gasteiger charge is 2.06. The summed E-state index contributed by atoms with van der Waals surface area (Å²) in [4.78, 5) is 4.59. The molecule has 1 rings (SSSR count). The summed E-state index contributed by atoms with van der Waals surface area (Å²) in [5, 5.41) is 0. The van der Waals surface area contributed by atoms with Gasteiger partial charge in [0, 0.05) is 11.4 Å². The Kier molecular flexibility index (Phi) is 6.23. The van der Waals surface area contributed by atoms with Crippen LogP contribution in [0.25, 0.3) is 0 Å². The minimum atomic E-state index is 0.528. The van der Waals surface area contributed by atoms with Crippen molar-refractivity contribution in [1.29, 1.82) is 0 Å². The van der Waals surface area contributed by atoms with E-state index in [4.69, 9.17) is 0 Å². The molecular formula is C14H25N. The fourth-order valence-electron chi connectivity index (χ4n) is 1.52. The Balaban J connectivity index is 0.000000921. The van der Waals surface area contributed by atoms with Crippen LogP contribution in [0.3, 0.4) is 0 Å². The highest BCUT2D eigenvalue weighted by molar-refractivity contribution is 5.25. The van der Waals surface area contributed by atoms with Crippen molar-refractivity contribution in [2.24, 2.45) is 0 Å². The second-order valence-electron chi connectivity index (χ2n) is 4.22. The van der Waals surface area contributed by atoms with Crippen molar-refractivity contribution in [3.63, 3.8) is 0 Å². The molecule has 0 N–H and O–H groups in total. The summed E-state index contributed by atoms with van der Waals surface area (Å²) in [6.45, 7) is 14.9. The van der Waals surface area contributed by atoms with Gasteiger partial charge in [-0.1, -0.05) is 47.6 Å². The van der Waals surface area contributed by atoms with E-state index >= 15 is 0 Å². The van der Waals surface area contributed by atoms with E-state index in [1.807, 2.05) is 13.8 Å². The Bertz CT molecular complexity index is 287. The monoisotopic (exact) mass is 207 g/mol. The fraction of sp³-hybridized carbons (Fsp3) is 0.643. The van der Waals surface area contributed by atoms with E-state index in [0.29, 0.717) is 11.8 Å². The predicted molar refractivity (Wildman–Crippen MR) is 68.5 cm³/mol. The maximum atomic E-state index is 4.59. The number of pyridine rings is 1. The summed E-state index contributed by atoms with van der Waals surface area (Å²) in [6.07, 6.45) is 0. The lowest BCUT2D eigenvalue weighted by atomic mass is 10.00. The highest BCUT2D eigenvalue weighted by Crippen LogP contribution is 2.20. The van der Waals surface area contributed by atoms with E-state index in [0.717, 1.165) is 0 Å². The van der Waals surface area contributed by atoms with E-state index < -0.39 is 0 Å². The Morgan fingerprint density at radius 2 is 1.47 bits per heavy atom. The Morgan fingerprint density at radius 3 is 1.80 bits per heavy atom. The molecule has 0 amide bonds. The molecule has 0 radical (unpaired) electrons. The first-order valence-corrected chi connectivity index (χ1v) is 5.99. The summed E-state index contributed by atoms with van der Waals surface area (Å²) in [6, 6.07) is 4.36. The Labute approximate surface area is 94.9 Å². The Hall–Kier alpha value is -0.850. The number of hydrogen-bond acceptors (Lipinski definition) is 1. The van der Waals surface area contributed by atoms with Gasteiger partial charge in [-0.25, -0.2) is 0 Å². The zero-order valence-corrected chi connectivity index (χ0v) is 11.3. The van der Waals surface area contributed by atoms with Crippen molar-refractivity contribution in [2.75, 3.05) is 0 Å². The van der Waals surface area contributed by atoms with Crippen LogP contribution >= 0.6 is 0 Å². The summed E-state index contributed by atoms with van der Waals surface area (Å²) >= 11 is 0. The first-order chi connectivity index (χ1) is 7.02. The summed E-state index contributed by atoms with van der Waals surface area (Å²) in [7, 11) is 0. The maximum absolute atomic E-state index is 4.59. The van der Waals surface area contributed by atoms with Crippen LogP contribution in [0.1, 0.15) is 70.3 Å². The molecule has 0 aliphatic rings. The molecule has 1 aromatic heterocycles. The van der Waals surface area contributed by atoms with E-state index in [1.54, 1.807) is 0 Å². The van der Waals surface area contributed by atoms with Gasteiger partial charge in [-0.05, 0) is 30.4 Å². The van der Waals surface area contributed by atoms with Crippen molar-refractivity contribution in [3.05, 3.63) is 29.1 Å². The SMILES string of the molecule is CC.Cc1nc(C(C)C)ccc1C(C)C. The van der Waals surface area contributed by atoms with Gasteiger partial charge >= 0.3 is 0 Å². The third-order valence-electron chi connectivity index (χ3n) is 2.36. The molecule has 0 saturated heterocycles. The average Bonchev–Trinajstić information content (AvgIpc) is 2.20. The lowest BCUT2D eigenvalue weighted by molar-refractivity contribution is 0.788.